The van der Waals surface area contributed by atoms with Gasteiger partial charge >= 0.3 is 0 Å². The highest BCUT2D eigenvalue weighted by Gasteiger charge is 2.04. The predicted molar refractivity (Wildman–Crippen MR) is 217 cm³/mol. The van der Waals surface area contributed by atoms with Crippen LogP contribution in [0.3, 0.4) is 0 Å². The number of allylic oxidation sites excluding steroid dienone is 4. The predicted octanol–water partition coefficient (Wildman–Crippen LogP) is 14.4. The summed E-state index contributed by atoms with van der Waals surface area (Å²) in [5.74, 6) is 0.113. The Morgan fingerprint density at radius 3 is 0.816 bits per heavy atom. The molecule has 0 aliphatic rings. The van der Waals surface area contributed by atoms with Crippen LogP contribution in [0.1, 0.15) is 245 Å². The summed E-state index contributed by atoms with van der Waals surface area (Å²) in [6, 6.07) is 0. The van der Waals surface area contributed by atoms with Crippen LogP contribution < -0.4 is 10.6 Å². The molecule has 0 aromatic heterocycles. The molecule has 0 aromatic carbocycles. The highest BCUT2D eigenvalue weighted by Crippen LogP contribution is 2.14. The standard InChI is InChI=1S/C45H86N2O2/c1-3-5-7-9-11-13-15-17-19-21-23-25-27-29-31-33-35-37-39-41-44(48)46-43-47-45(49)42-40-38-36-34-32-30-28-26-24-22-20-18-16-14-12-10-8-6-4-2/h17-20H,3-16,21-43H2,1-2H3,(H,46,48)(H,47,49)/b19-17-,20-18-. The van der Waals surface area contributed by atoms with Gasteiger partial charge in [0.1, 0.15) is 0 Å². The van der Waals surface area contributed by atoms with Crippen LogP contribution in [0.5, 0.6) is 0 Å². The molecular formula is C45H86N2O2. The average molecular weight is 687 g/mol. The van der Waals surface area contributed by atoms with Crippen LogP contribution >= 0.6 is 0 Å². The molecule has 0 radical (unpaired) electrons. The van der Waals surface area contributed by atoms with Gasteiger partial charge in [0, 0.05) is 12.8 Å². The molecule has 4 nitrogen and oxygen atoms in total. The zero-order valence-electron chi connectivity index (χ0n) is 33.3. The summed E-state index contributed by atoms with van der Waals surface area (Å²) in [6.07, 6.45) is 55.0. The molecule has 0 rings (SSSR count). The SMILES string of the molecule is CCCCCCCC/C=C\CCCCCCCCCCCC(=O)NCNC(=O)CCCCCCCCCCC/C=C\CCCCCCCC. The van der Waals surface area contributed by atoms with Gasteiger partial charge < -0.3 is 10.6 Å². The third-order valence-electron chi connectivity index (χ3n) is 9.90. The van der Waals surface area contributed by atoms with Crippen LogP contribution in [0.4, 0.5) is 0 Å². The van der Waals surface area contributed by atoms with Crippen LogP contribution in [0, 0.1) is 0 Å². The zero-order chi connectivity index (χ0) is 35.6. The highest BCUT2D eigenvalue weighted by atomic mass is 16.2. The lowest BCUT2D eigenvalue weighted by atomic mass is 10.1. The molecule has 0 aliphatic heterocycles. The molecule has 0 bridgehead atoms. The molecule has 49 heavy (non-hydrogen) atoms. The number of hydrogen-bond acceptors (Lipinski definition) is 2. The number of carbonyl (C=O) groups is 2. The van der Waals surface area contributed by atoms with Gasteiger partial charge in [0.25, 0.3) is 0 Å². The van der Waals surface area contributed by atoms with E-state index in [4.69, 9.17) is 0 Å². The number of amides is 2. The van der Waals surface area contributed by atoms with Gasteiger partial charge in [-0.15, -0.1) is 0 Å². The number of hydrogen-bond donors (Lipinski definition) is 2. The van der Waals surface area contributed by atoms with Crippen molar-refractivity contribution >= 4 is 11.8 Å². The summed E-state index contributed by atoms with van der Waals surface area (Å²) in [5, 5.41) is 5.71. The Morgan fingerprint density at radius 2 is 0.551 bits per heavy atom. The lowest BCUT2D eigenvalue weighted by Crippen LogP contribution is -2.37. The van der Waals surface area contributed by atoms with E-state index in [-0.39, 0.29) is 18.5 Å². The van der Waals surface area contributed by atoms with E-state index in [1.165, 1.54) is 193 Å². The maximum Gasteiger partial charge on any atom is 0.221 e. The second-order valence-electron chi connectivity index (χ2n) is 14.9. The molecule has 4 heteroatoms. The highest BCUT2D eigenvalue weighted by molar-refractivity contribution is 5.78. The molecule has 288 valence electrons. The number of nitrogens with one attached hydrogen (secondary N) is 2. The second-order valence-corrected chi connectivity index (χ2v) is 14.9. The second kappa shape index (κ2) is 42.6. The van der Waals surface area contributed by atoms with Crippen molar-refractivity contribution in [3.63, 3.8) is 0 Å². The van der Waals surface area contributed by atoms with Crippen molar-refractivity contribution < 1.29 is 9.59 Å². The van der Waals surface area contributed by atoms with Crippen LogP contribution in [0.15, 0.2) is 24.3 Å². The van der Waals surface area contributed by atoms with Gasteiger partial charge in [0.05, 0.1) is 6.67 Å². The summed E-state index contributed by atoms with van der Waals surface area (Å²) in [4.78, 5) is 24.2. The van der Waals surface area contributed by atoms with Crippen molar-refractivity contribution in [3.05, 3.63) is 24.3 Å². The van der Waals surface area contributed by atoms with Crippen LogP contribution in [0.2, 0.25) is 0 Å². The van der Waals surface area contributed by atoms with Gasteiger partial charge in [-0.2, -0.15) is 0 Å². The summed E-state index contributed by atoms with van der Waals surface area (Å²) in [6.45, 7) is 4.82. The first kappa shape index (κ1) is 47.4. The summed E-state index contributed by atoms with van der Waals surface area (Å²) in [7, 11) is 0. The van der Waals surface area contributed by atoms with Gasteiger partial charge in [-0.1, -0.05) is 192 Å². The van der Waals surface area contributed by atoms with Gasteiger partial charge in [-0.3, -0.25) is 9.59 Å². The third-order valence-corrected chi connectivity index (χ3v) is 9.90. The van der Waals surface area contributed by atoms with E-state index in [2.05, 4.69) is 48.8 Å². The van der Waals surface area contributed by atoms with Gasteiger partial charge in [0.2, 0.25) is 11.8 Å². The number of unbranched alkanes of at least 4 members (excludes halogenated alkanes) is 30. The Kier molecular flexibility index (Phi) is 41.2. The van der Waals surface area contributed by atoms with E-state index in [0.29, 0.717) is 12.8 Å². The Morgan fingerprint density at radius 1 is 0.327 bits per heavy atom. The molecule has 0 fully saturated rings. The Hall–Kier alpha value is -1.58. The van der Waals surface area contributed by atoms with E-state index in [0.717, 1.165) is 25.7 Å². The fourth-order valence-corrected chi connectivity index (χ4v) is 6.54. The molecular weight excluding hydrogens is 601 g/mol. The van der Waals surface area contributed by atoms with Crippen molar-refractivity contribution in [2.24, 2.45) is 0 Å². The molecule has 0 heterocycles. The monoisotopic (exact) mass is 687 g/mol. The van der Waals surface area contributed by atoms with Crippen molar-refractivity contribution in [2.45, 2.75) is 245 Å². The fraction of sp³-hybridized carbons (Fsp3) is 0.867. The Labute approximate surface area is 307 Å². The smallest absolute Gasteiger partial charge is 0.221 e. The molecule has 2 amide bonds. The minimum Gasteiger partial charge on any atom is -0.339 e. The lowest BCUT2D eigenvalue weighted by molar-refractivity contribution is -0.123. The van der Waals surface area contributed by atoms with Gasteiger partial charge in [-0.05, 0) is 64.2 Å². The minimum atomic E-state index is 0.0567. The quantitative estimate of drug-likeness (QED) is 0.0383. The molecule has 0 atom stereocenters. The van der Waals surface area contributed by atoms with Gasteiger partial charge in [-0.25, -0.2) is 0 Å². The number of carbonyl (C=O) groups excluding carboxylic acids is 2. The molecule has 0 aliphatic carbocycles. The van der Waals surface area contributed by atoms with E-state index < -0.39 is 0 Å². The van der Waals surface area contributed by atoms with Crippen LogP contribution in [-0.2, 0) is 9.59 Å². The minimum absolute atomic E-state index is 0.0567. The molecule has 0 saturated heterocycles. The molecule has 0 aromatic rings. The van der Waals surface area contributed by atoms with Crippen molar-refractivity contribution in [1.82, 2.24) is 10.6 Å². The summed E-state index contributed by atoms with van der Waals surface area (Å²) in [5.41, 5.74) is 0. The molecule has 0 spiro atoms. The topological polar surface area (TPSA) is 58.2 Å². The average Bonchev–Trinajstić information content (AvgIpc) is 3.10. The fourth-order valence-electron chi connectivity index (χ4n) is 6.54. The first-order valence-electron chi connectivity index (χ1n) is 22.0. The maximum absolute atomic E-state index is 12.1. The number of rotatable bonds is 40. The first-order chi connectivity index (χ1) is 24.2. The van der Waals surface area contributed by atoms with E-state index >= 15 is 0 Å². The van der Waals surface area contributed by atoms with Crippen LogP contribution in [-0.4, -0.2) is 18.5 Å². The molecule has 0 unspecified atom stereocenters. The van der Waals surface area contributed by atoms with E-state index in [1.54, 1.807) is 0 Å². The van der Waals surface area contributed by atoms with Crippen molar-refractivity contribution in [2.75, 3.05) is 6.67 Å². The van der Waals surface area contributed by atoms with Crippen molar-refractivity contribution in [3.8, 4) is 0 Å². The van der Waals surface area contributed by atoms with E-state index in [9.17, 15) is 9.59 Å². The maximum atomic E-state index is 12.1. The molecule has 0 saturated carbocycles. The largest absolute Gasteiger partial charge is 0.339 e. The normalized spacial score (nSPS) is 11.6. The zero-order valence-corrected chi connectivity index (χ0v) is 33.3. The van der Waals surface area contributed by atoms with E-state index in [1.807, 2.05) is 0 Å². The summed E-state index contributed by atoms with van der Waals surface area (Å²) < 4.78 is 0. The third kappa shape index (κ3) is 42.5. The lowest BCUT2D eigenvalue weighted by Gasteiger charge is -2.08. The Bertz CT molecular complexity index is 672. The van der Waals surface area contributed by atoms with Crippen LogP contribution in [0.25, 0.3) is 0 Å². The first-order valence-corrected chi connectivity index (χ1v) is 22.0. The molecule has 2 N–H and O–H groups in total. The van der Waals surface area contributed by atoms with Gasteiger partial charge in [0.15, 0.2) is 0 Å². The Balaban J connectivity index is 3.30. The summed E-state index contributed by atoms with van der Waals surface area (Å²) >= 11 is 0. The van der Waals surface area contributed by atoms with Crippen molar-refractivity contribution in [1.29, 1.82) is 0 Å².